The maximum Gasteiger partial charge on any atom is 0.408 e. The van der Waals surface area contributed by atoms with Gasteiger partial charge in [0.1, 0.15) is 5.60 Å². The molecule has 0 unspecified atom stereocenters. The van der Waals surface area contributed by atoms with Crippen molar-refractivity contribution in [2.45, 2.75) is 33.3 Å². The SMILES string of the molecule is Cc1nc(N)ncc1C#CCNC(=O)OC(C)(C)C. The lowest BCUT2D eigenvalue weighted by molar-refractivity contribution is 0.0535. The summed E-state index contributed by atoms with van der Waals surface area (Å²) in [5, 5.41) is 2.54. The number of anilines is 1. The number of carbonyl (C=O) groups excluding carboxylic acids is 1. The highest BCUT2D eigenvalue weighted by atomic mass is 16.6. The smallest absolute Gasteiger partial charge is 0.408 e. The minimum atomic E-state index is -0.515. The predicted molar refractivity (Wildman–Crippen MR) is 72.3 cm³/mol. The van der Waals surface area contributed by atoms with Crippen molar-refractivity contribution in [2.24, 2.45) is 0 Å². The van der Waals surface area contributed by atoms with Gasteiger partial charge in [0.05, 0.1) is 17.8 Å². The third-order valence-corrected chi connectivity index (χ3v) is 1.94. The number of nitrogens with two attached hydrogens (primary N) is 1. The number of alkyl carbamates (subject to hydrolysis) is 1. The van der Waals surface area contributed by atoms with Crippen LogP contribution in [-0.4, -0.2) is 28.2 Å². The second kappa shape index (κ2) is 6.05. The molecule has 102 valence electrons. The monoisotopic (exact) mass is 262 g/mol. The summed E-state index contributed by atoms with van der Waals surface area (Å²) in [7, 11) is 0. The lowest BCUT2D eigenvalue weighted by Crippen LogP contribution is -2.32. The van der Waals surface area contributed by atoms with Gasteiger partial charge in [0.2, 0.25) is 5.95 Å². The Hall–Kier alpha value is -2.29. The van der Waals surface area contributed by atoms with Gasteiger partial charge in [0.25, 0.3) is 0 Å². The fourth-order valence-corrected chi connectivity index (χ4v) is 1.18. The van der Waals surface area contributed by atoms with E-state index in [1.807, 2.05) is 0 Å². The van der Waals surface area contributed by atoms with Crippen LogP contribution in [0.3, 0.4) is 0 Å². The van der Waals surface area contributed by atoms with Crippen molar-refractivity contribution in [3.05, 3.63) is 17.5 Å². The zero-order valence-electron chi connectivity index (χ0n) is 11.6. The summed E-state index contributed by atoms with van der Waals surface area (Å²) in [6, 6.07) is 0. The number of nitrogens with one attached hydrogen (secondary N) is 1. The van der Waals surface area contributed by atoms with Gasteiger partial charge in [-0.15, -0.1) is 0 Å². The topological polar surface area (TPSA) is 90.1 Å². The fraction of sp³-hybridized carbons (Fsp3) is 0.462. The number of amides is 1. The summed E-state index contributed by atoms with van der Waals surface area (Å²) >= 11 is 0. The Morgan fingerprint density at radius 3 is 2.79 bits per heavy atom. The van der Waals surface area contributed by atoms with E-state index in [0.29, 0.717) is 11.3 Å². The molecule has 1 heterocycles. The summed E-state index contributed by atoms with van der Waals surface area (Å²) in [6.07, 6.45) is 1.06. The number of hydrogen-bond donors (Lipinski definition) is 2. The van der Waals surface area contributed by atoms with Gasteiger partial charge in [-0.25, -0.2) is 14.8 Å². The number of nitrogens with zero attached hydrogens (tertiary/aromatic N) is 2. The Morgan fingerprint density at radius 1 is 1.53 bits per heavy atom. The number of hydrogen-bond acceptors (Lipinski definition) is 5. The van der Waals surface area contributed by atoms with Crippen LogP contribution in [0.25, 0.3) is 0 Å². The maximum absolute atomic E-state index is 11.3. The van der Waals surface area contributed by atoms with Crippen LogP contribution in [-0.2, 0) is 4.74 Å². The molecule has 3 N–H and O–H groups in total. The Labute approximate surface area is 112 Å². The first kappa shape index (κ1) is 14.8. The Kier molecular flexibility index (Phi) is 4.70. The summed E-state index contributed by atoms with van der Waals surface area (Å²) < 4.78 is 5.07. The van der Waals surface area contributed by atoms with Gasteiger partial charge in [-0.05, 0) is 27.7 Å². The summed E-state index contributed by atoms with van der Waals surface area (Å²) in [6.45, 7) is 7.38. The van der Waals surface area contributed by atoms with E-state index in [0.717, 1.165) is 0 Å². The predicted octanol–water partition coefficient (Wildman–Crippen LogP) is 1.24. The molecule has 0 aromatic carbocycles. The summed E-state index contributed by atoms with van der Waals surface area (Å²) in [5.41, 5.74) is 6.31. The largest absolute Gasteiger partial charge is 0.444 e. The second-order valence-corrected chi connectivity index (χ2v) is 4.88. The molecule has 6 heteroatoms. The van der Waals surface area contributed by atoms with E-state index in [1.54, 1.807) is 33.9 Å². The molecule has 0 saturated heterocycles. The molecule has 0 saturated carbocycles. The van der Waals surface area contributed by atoms with Crippen molar-refractivity contribution >= 4 is 12.0 Å². The van der Waals surface area contributed by atoms with Crippen LogP contribution in [0.5, 0.6) is 0 Å². The highest BCUT2D eigenvalue weighted by Crippen LogP contribution is 2.06. The quantitative estimate of drug-likeness (QED) is 0.743. The van der Waals surface area contributed by atoms with E-state index < -0.39 is 11.7 Å². The van der Waals surface area contributed by atoms with E-state index in [4.69, 9.17) is 10.5 Å². The van der Waals surface area contributed by atoms with Crippen molar-refractivity contribution in [3.8, 4) is 11.8 Å². The van der Waals surface area contributed by atoms with Gasteiger partial charge in [0, 0.05) is 6.20 Å². The molecular formula is C13H18N4O2. The molecule has 0 aliphatic rings. The van der Waals surface area contributed by atoms with Crippen LogP contribution in [0.2, 0.25) is 0 Å². The lowest BCUT2D eigenvalue weighted by Gasteiger charge is -2.18. The maximum atomic E-state index is 11.3. The van der Waals surface area contributed by atoms with Gasteiger partial charge in [0.15, 0.2) is 0 Å². The summed E-state index contributed by atoms with van der Waals surface area (Å²) in [5.74, 6) is 5.87. The molecule has 1 rings (SSSR count). The molecule has 1 aromatic rings. The van der Waals surface area contributed by atoms with Crippen LogP contribution in [0.15, 0.2) is 6.20 Å². The van der Waals surface area contributed by atoms with Gasteiger partial charge >= 0.3 is 6.09 Å². The van der Waals surface area contributed by atoms with Crippen LogP contribution in [0.4, 0.5) is 10.7 Å². The van der Waals surface area contributed by atoms with E-state index in [2.05, 4.69) is 27.1 Å². The lowest BCUT2D eigenvalue weighted by atomic mass is 10.2. The normalized spacial score (nSPS) is 10.3. The number of carbonyl (C=O) groups is 1. The Bertz CT molecular complexity index is 524. The van der Waals surface area contributed by atoms with E-state index in [-0.39, 0.29) is 12.5 Å². The third kappa shape index (κ3) is 5.73. The molecule has 1 aromatic heterocycles. The van der Waals surface area contributed by atoms with E-state index in [1.165, 1.54) is 0 Å². The molecule has 19 heavy (non-hydrogen) atoms. The molecule has 0 spiro atoms. The molecule has 0 aliphatic heterocycles. The first-order valence-electron chi connectivity index (χ1n) is 5.83. The molecule has 0 atom stereocenters. The molecular weight excluding hydrogens is 244 g/mol. The standard InChI is InChI=1S/C13H18N4O2/c1-9-10(8-16-11(14)17-9)6-5-7-15-12(18)19-13(2,3)4/h8H,7H2,1-4H3,(H,15,18)(H2,14,16,17). The zero-order chi connectivity index (χ0) is 14.5. The van der Waals surface area contributed by atoms with Crippen molar-refractivity contribution in [3.63, 3.8) is 0 Å². The highest BCUT2D eigenvalue weighted by molar-refractivity contribution is 5.68. The molecule has 0 bridgehead atoms. The van der Waals surface area contributed by atoms with Crippen molar-refractivity contribution in [2.75, 3.05) is 12.3 Å². The summed E-state index contributed by atoms with van der Waals surface area (Å²) in [4.78, 5) is 19.2. The van der Waals surface area contributed by atoms with Gasteiger partial charge in [-0.2, -0.15) is 0 Å². The van der Waals surface area contributed by atoms with Crippen LogP contribution < -0.4 is 11.1 Å². The minimum Gasteiger partial charge on any atom is -0.444 e. The Morgan fingerprint density at radius 2 is 2.21 bits per heavy atom. The van der Waals surface area contributed by atoms with Gasteiger partial charge < -0.3 is 15.8 Å². The molecule has 0 aliphatic carbocycles. The number of aryl methyl sites for hydroxylation is 1. The first-order chi connectivity index (χ1) is 8.78. The third-order valence-electron chi connectivity index (χ3n) is 1.94. The molecule has 1 amide bonds. The minimum absolute atomic E-state index is 0.193. The van der Waals surface area contributed by atoms with Crippen molar-refractivity contribution in [1.82, 2.24) is 15.3 Å². The van der Waals surface area contributed by atoms with Gasteiger partial charge in [-0.1, -0.05) is 11.8 Å². The van der Waals surface area contributed by atoms with Crippen molar-refractivity contribution < 1.29 is 9.53 Å². The van der Waals surface area contributed by atoms with Gasteiger partial charge in [-0.3, -0.25) is 0 Å². The Balaban J connectivity index is 2.50. The van der Waals surface area contributed by atoms with Crippen molar-refractivity contribution in [1.29, 1.82) is 0 Å². The van der Waals surface area contributed by atoms with E-state index >= 15 is 0 Å². The molecule has 0 radical (unpaired) electrons. The fourth-order valence-electron chi connectivity index (χ4n) is 1.18. The second-order valence-electron chi connectivity index (χ2n) is 4.88. The number of aromatic nitrogens is 2. The average molecular weight is 262 g/mol. The van der Waals surface area contributed by atoms with Crippen LogP contribution in [0.1, 0.15) is 32.0 Å². The zero-order valence-corrected chi connectivity index (χ0v) is 11.6. The van der Waals surface area contributed by atoms with Crippen LogP contribution >= 0.6 is 0 Å². The average Bonchev–Trinajstić information content (AvgIpc) is 2.24. The van der Waals surface area contributed by atoms with Crippen LogP contribution in [0, 0.1) is 18.8 Å². The first-order valence-corrected chi connectivity index (χ1v) is 5.83. The molecule has 0 fully saturated rings. The number of nitrogen functional groups attached to an aromatic ring is 1. The highest BCUT2D eigenvalue weighted by Gasteiger charge is 2.14. The number of rotatable bonds is 1. The number of ether oxygens (including phenoxy) is 1. The molecule has 6 nitrogen and oxygen atoms in total. The van der Waals surface area contributed by atoms with E-state index in [9.17, 15) is 4.79 Å².